The predicted molar refractivity (Wildman–Crippen MR) is 96.3 cm³/mol. The SMILES string of the molecule is Oc1ccc2cc([C@@H](C3CCOCC3)N3CCNCC3)ccc2c1. The van der Waals surface area contributed by atoms with E-state index in [0.29, 0.717) is 17.7 Å². The van der Waals surface area contributed by atoms with Crippen molar-refractivity contribution >= 4 is 10.8 Å². The van der Waals surface area contributed by atoms with Crippen LogP contribution in [0.4, 0.5) is 0 Å². The highest BCUT2D eigenvalue weighted by atomic mass is 16.5. The van der Waals surface area contributed by atoms with Crippen LogP contribution in [-0.4, -0.2) is 49.4 Å². The van der Waals surface area contributed by atoms with E-state index in [2.05, 4.69) is 28.4 Å². The van der Waals surface area contributed by atoms with Crippen LogP contribution < -0.4 is 5.32 Å². The van der Waals surface area contributed by atoms with Crippen LogP contribution in [0.3, 0.4) is 0 Å². The summed E-state index contributed by atoms with van der Waals surface area (Å²) in [5, 5.41) is 15.5. The van der Waals surface area contributed by atoms with E-state index in [1.54, 1.807) is 6.07 Å². The van der Waals surface area contributed by atoms with Crippen molar-refractivity contribution in [3.63, 3.8) is 0 Å². The zero-order valence-corrected chi connectivity index (χ0v) is 14.1. The maximum absolute atomic E-state index is 9.69. The Morgan fingerprint density at radius 1 is 1.00 bits per heavy atom. The van der Waals surface area contributed by atoms with Gasteiger partial charge in [0.2, 0.25) is 0 Å². The zero-order valence-electron chi connectivity index (χ0n) is 14.1. The van der Waals surface area contributed by atoms with E-state index < -0.39 is 0 Å². The molecule has 4 nitrogen and oxygen atoms in total. The summed E-state index contributed by atoms with van der Waals surface area (Å²) in [5.41, 5.74) is 1.40. The van der Waals surface area contributed by atoms with Crippen LogP contribution in [-0.2, 0) is 4.74 Å². The Kier molecular flexibility index (Phi) is 4.69. The number of fused-ring (bicyclic) bond motifs is 1. The molecule has 0 bridgehead atoms. The van der Waals surface area contributed by atoms with Gasteiger partial charge in [-0.25, -0.2) is 0 Å². The lowest BCUT2D eigenvalue weighted by atomic mass is 9.85. The molecule has 128 valence electrons. The number of nitrogens with one attached hydrogen (secondary N) is 1. The lowest BCUT2D eigenvalue weighted by Gasteiger charge is -2.41. The molecule has 0 aromatic heterocycles. The quantitative estimate of drug-likeness (QED) is 0.910. The van der Waals surface area contributed by atoms with Crippen LogP contribution in [0, 0.1) is 5.92 Å². The van der Waals surface area contributed by atoms with E-state index in [1.807, 2.05) is 12.1 Å². The minimum Gasteiger partial charge on any atom is -0.508 e. The normalized spacial score (nSPS) is 21.8. The molecule has 4 rings (SSSR count). The molecular formula is C20H26N2O2. The maximum Gasteiger partial charge on any atom is 0.116 e. The van der Waals surface area contributed by atoms with Gasteiger partial charge in [0.15, 0.2) is 0 Å². The lowest BCUT2D eigenvalue weighted by Crippen LogP contribution is -2.47. The molecule has 2 aliphatic heterocycles. The van der Waals surface area contributed by atoms with Gasteiger partial charge in [-0.05, 0) is 53.3 Å². The van der Waals surface area contributed by atoms with Crippen LogP contribution in [0.15, 0.2) is 36.4 Å². The van der Waals surface area contributed by atoms with Crippen molar-refractivity contribution in [1.29, 1.82) is 0 Å². The molecule has 2 heterocycles. The molecule has 2 aromatic rings. The van der Waals surface area contributed by atoms with E-state index in [0.717, 1.165) is 57.6 Å². The van der Waals surface area contributed by atoms with E-state index >= 15 is 0 Å². The molecular weight excluding hydrogens is 300 g/mol. The Balaban J connectivity index is 1.69. The summed E-state index contributed by atoms with van der Waals surface area (Å²) in [6, 6.07) is 12.8. The van der Waals surface area contributed by atoms with Crippen molar-refractivity contribution in [3.05, 3.63) is 42.0 Å². The molecule has 1 atom stereocenters. The fraction of sp³-hybridized carbons (Fsp3) is 0.500. The summed E-state index contributed by atoms with van der Waals surface area (Å²) in [4.78, 5) is 2.65. The molecule has 2 aromatic carbocycles. The average molecular weight is 326 g/mol. The molecule has 0 spiro atoms. The second-order valence-corrected chi connectivity index (χ2v) is 6.97. The largest absolute Gasteiger partial charge is 0.508 e. The van der Waals surface area contributed by atoms with Crippen molar-refractivity contribution in [2.24, 2.45) is 5.92 Å². The molecule has 0 amide bonds. The van der Waals surface area contributed by atoms with Crippen LogP contribution in [0.2, 0.25) is 0 Å². The van der Waals surface area contributed by atoms with Gasteiger partial charge in [-0.15, -0.1) is 0 Å². The first-order valence-electron chi connectivity index (χ1n) is 9.06. The standard InChI is InChI=1S/C20H26N2O2/c23-19-4-3-16-13-18(2-1-17(16)14-19)20(15-5-11-24-12-6-15)22-9-7-21-8-10-22/h1-4,13-15,20-21,23H,5-12H2/t20-/m1/s1. The van der Waals surface area contributed by atoms with E-state index in [4.69, 9.17) is 4.74 Å². The lowest BCUT2D eigenvalue weighted by molar-refractivity contribution is 0.0213. The first-order valence-corrected chi connectivity index (χ1v) is 9.06. The fourth-order valence-electron chi connectivity index (χ4n) is 4.21. The highest BCUT2D eigenvalue weighted by Gasteiger charge is 2.31. The molecule has 2 N–H and O–H groups in total. The van der Waals surface area contributed by atoms with Crippen LogP contribution >= 0.6 is 0 Å². The van der Waals surface area contributed by atoms with Gasteiger partial charge in [-0.1, -0.05) is 18.2 Å². The second kappa shape index (κ2) is 7.09. The molecule has 0 aliphatic carbocycles. The monoisotopic (exact) mass is 326 g/mol. The highest BCUT2D eigenvalue weighted by Crippen LogP contribution is 2.36. The van der Waals surface area contributed by atoms with Crippen molar-refractivity contribution in [2.75, 3.05) is 39.4 Å². The number of phenols is 1. The first kappa shape index (κ1) is 15.9. The number of nitrogens with zero attached hydrogens (tertiary/aromatic N) is 1. The maximum atomic E-state index is 9.69. The molecule has 2 fully saturated rings. The first-order chi connectivity index (χ1) is 11.8. The Morgan fingerprint density at radius 3 is 2.50 bits per heavy atom. The molecule has 0 radical (unpaired) electrons. The van der Waals surface area contributed by atoms with Gasteiger partial charge in [-0.3, -0.25) is 4.90 Å². The molecule has 2 aliphatic rings. The van der Waals surface area contributed by atoms with Crippen LogP contribution in [0.1, 0.15) is 24.4 Å². The third kappa shape index (κ3) is 3.27. The minimum absolute atomic E-state index is 0.332. The second-order valence-electron chi connectivity index (χ2n) is 6.97. The summed E-state index contributed by atoms with van der Waals surface area (Å²) in [6.07, 6.45) is 2.28. The van der Waals surface area contributed by atoms with Crippen molar-refractivity contribution < 1.29 is 9.84 Å². The highest BCUT2D eigenvalue weighted by molar-refractivity contribution is 5.84. The Hall–Kier alpha value is -1.62. The van der Waals surface area contributed by atoms with Gasteiger partial charge in [0, 0.05) is 45.4 Å². The number of hydrogen-bond donors (Lipinski definition) is 2. The molecule has 0 saturated carbocycles. The number of benzene rings is 2. The Labute approximate surface area is 143 Å². The molecule has 0 unspecified atom stereocenters. The molecule has 2 saturated heterocycles. The van der Waals surface area contributed by atoms with E-state index in [1.165, 1.54) is 10.9 Å². The number of piperazine rings is 1. The minimum atomic E-state index is 0.332. The van der Waals surface area contributed by atoms with Crippen molar-refractivity contribution in [3.8, 4) is 5.75 Å². The zero-order chi connectivity index (χ0) is 16.4. The predicted octanol–water partition coefficient (Wildman–Crippen LogP) is 2.92. The fourth-order valence-corrected chi connectivity index (χ4v) is 4.21. The van der Waals surface area contributed by atoms with E-state index in [-0.39, 0.29) is 0 Å². The number of hydrogen-bond acceptors (Lipinski definition) is 4. The third-order valence-corrected chi connectivity index (χ3v) is 5.45. The Bertz CT molecular complexity index is 673. The number of aromatic hydroxyl groups is 1. The summed E-state index contributed by atoms with van der Waals surface area (Å²) >= 11 is 0. The third-order valence-electron chi connectivity index (χ3n) is 5.45. The average Bonchev–Trinajstić information content (AvgIpc) is 2.64. The van der Waals surface area contributed by atoms with E-state index in [9.17, 15) is 5.11 Å². The van der Waals surface area contributed by atoms with Gasteiger partial charge in [0.25, 0.3) is 0 Å². The van der Waals surface area contributed by atoms with Crippen molar-refractivity contribution in [2.45, 2.75) is 18.9 Å². The summed E-state index contributed by atoms with van der Waals surface area (Å²) in [6.45, 7) is 6.12. The van der Waals surface area contributed by atoms with Crippen LogP contribution in [0.25, 0.3) is 10.8 Å². The van der Waals surface area contributed by atoms with Crippen LogP contribution in [0.5, 0.6) is 5.75 Å². The van der Waals surface area contributed by atoms with Gasteiger partial charge < -0.3 is 15.2 Å². The van der Waals surface area contributed by atoms with Gasteiger partial charge in [0.1, 0.15) is 5.75 Å². The topological polar surface area (TPSA) is 44.7 Å². The number of ether oxygens (including phenoxy) is 1. The Morgan fingerprint density at radius 2 is 1.71 bits per heavy atom. The summed E-state index contributed by atoms with van der Waals surface area (Å²) in [5.74, 6) is 0.991. The smallest absolute Gasteiger partial charge is 0.116 e. The summed E-state index contributed by atoms with van der Waals surface area (Å²) < 4.78 is 5.60. The van der Waals surface area contributed by atoms with Crippen molar-refractivity contribution in [1.82, 2.24) is 10.2 Å². The molecule has 24 heavy (non-hydrogen) atoms. The number of rotatable bonds is 3. The van der Waals surface area contributed by atoms with Gasteiger partial charge in [-0.2, -0.15) is 0 Å². The number of phenolic OH excluding ortho intramolecular Hbond substituents is 1. The summed E-state index contributed by atoms with van der Waals surface area (Å²) in [7, 11) is 0. The van der Waals surface area contributed by atoms with Gasteiger partial charge >= 0.3 is 0 Å². The van der Waals surface area contributed by atoms with Gasteiger partial charge in [0.05, 0.1) is 0 Å². The molecule has 4 heteroatoms.